The van der Waals surface area contributed by atoms with E-state index in [0.29, 0.717) is 44.2 Å². The van der Waals surface area contributed by atoms with Gasteiger partial charge in [0.2, 0.25) is 11.8 Å². The first-order valence-corrected chi connectivity index (χ1v) is 11.8. The van der Waals surface area contributed by atoms with Crippen molar-refractivity contribution >= 4 is 28.6 Å². The van der Waals surface area contributed by atoms with Gasteiger partial charge in [-0.3, -0.25) is 14.4 Å². The monoisotopic (exact) mass is 434 g/mol. The number of carbonyl (C=O) groups excluding carboxylic acids is 3. The molecule has 0 saturated carbocycles. The summed E-state index contributed by atoms with van der Waals surface area (Å²) in [5.41, 5.74) is 1.32. The molecular weight excluding hydrogens is 404 g/mol. The zero-order chi connectivity index (χ0) is 22.1. The van der Waals surface area contributed by atoms with E-state index in [1.54, 1.807) is 6.07 Å². The van der Waals surface area contributed by atoms with Gasteiger partial charge in [-0.25, -0.2) is 4.98 Å². The Balaban J connectivity index is 1.14. The topological polar surface area (TPSA) is 73.8 Å². The van der Waals surface area contributed by atoms with Gasteiger partial charge in [0.1, 0.15) is 5.69 Å². The molecule has 1 aromatic carbocycles. The molecule has 3 amide bonds. The van der Waals surface area contributed by atoms with Crippen molar-refractivity contribution in [3.8, 4) is 0 Å². The first-order chi connectivity index (χ1) is 15.6. The predicted molar refractivity (Wildman–Crippen MR) is 121 cm³/mol. The smallest absolute Gasteiger partial charge is 0.272 e. The average Bonchev–Trinajstić information content (AvgIpc) is 3.49. The van der Waals surface area contributed by atoms with Gasteiger partial charge in [0, 0.05) is 51.1 Å². The van der Waals surface area contributed by atoms with E-state index in [9.17, 15) is 14.4 Å². The first kappa shape index (κ1) is 20.9. The largest absolute Gasteiger partial charge is 0.342 e. The van der Waals surface area contributed by atoms with Crippen molar-refractivity contribution in [1.82, 2.24) is 19.7 Å². The number of pyridine rings is 1. The van der Waals surface area contributed by atoms with Gasteiger partial charge in [-0.1, -0.05) is 24.3 Å². The van der Waals surface area contributed by atoms with Crippen LogP contribution < -0.4 is 0 Å². The number of aromatic nitrogens is 1. The van der Waals surface area contributed by atoms with Gasteiger partial charge in [-0.05, 0) is 43.7 Å². The SMILES string of the molecule is O=C1CC(C(=O)N2CCCC2)CN1CC1CCN(C(=O)c2ccc3ccccc3n2)CC1. The van der Waals surface area contributed by atoms with Crippen molar-refractivity contribution in [3.05, 3.63) is 42.1 Å². The fourth-order valence-corrected chi connectivity index (χ4v) is 5.29. The average molecular weight is 435 g/mol. The van der Waals surface area contributed by atoms with Crippen LogP contribution in [0.2, 0.25) is 0 Å². The molecule has 0 spiro atoms. The number of piperidine rings is 1. The Labute approximate surface area is 188 Å². The van der Waals surface area contributed by atoms with Gasteiger partial charge in [-0.2, -0.15) is 0 Å². The zero-order valence-electron chi connectivity index (χ0n) is 18.4. The van der Waals surface area contributed by atoms with Crippen LogP contribution in [-0.2, 0) is 9.59 Å². The van der Waals surface area contributed by atoms with Gasteiger partial charge < -0.3 is 14.7 Å². The lowest BCUT2D eigenvalue weighted by atomic mass is 9.96. The summed E-state index contributed by atoms with van der Waals surface area (Å²) in [6.45, 7) is 4.27. The van der Waals surface area contributed by atoms with Gasteiger partial charge in [0.05, 0.1) is 11.4 Å². The van der Waals surface area contributed by atoms with Crippen LogP contribution in [0, 0.1) is 11.8 Å². The van der Waals surface area contributed by atoms with E-state index in [1.165, 1.54) is 0 Å². The third kappa shape index (κ3) is 4.20. The van der Waals surface area contributed by atoms with E-state index in [0.717, 1.165) is 49.7 Å². The summed E-state index contributed by atoms with van der Waals surface area (Å²) < 4.78 is 0. The van der Waals surface area contributed by atoms with Crippen LogP contribution in [0.5, 0.6) is 0 Å². The molecule has 0 bridgehead atoms. The molecule has 0 N–H and O–H groups in total. The Morgan fingerprint density at radius 3 is 2.47 bits per heavy atom. The summed E-state index contributed by atoms with van der Waals surface area (Å²) in [5, 5.41) is 1.03. The van der Waals surface area contributed by atoms with Crippen molar-refractivity contribution in [1.29, 1.82) is 0 Å². The number of amides is 3. The van der Waals surface area contributed by atoms with Crippen LogP contribution in [-0.4, -0.2) is 76.7 Å². The molecule has 1 aromatic heterocycles. The molecule has 3 fully saturated rings. The maximum Gasteiger partial charge on any atom is 0.272 e. The van der Waals surface area contributed by atoms with Gasteiger partial charge in [0.15, 0.2) is 0 Å². The van der Waals surface area contributed by atoms with Crippen LogP contribution in [0.15, 0.2) is 36.4 Å². The van der Waals surface area contributed by atoms with E-state index in [1.807, 2.05) is 45.0 Å². The number of hydrogen-bond acceptors (Lipinski definition) is 4. The molecule has 3 aliphatic heterocycles. The Morgan fingerprint density at radius 2 is 1.69 bits per heavy atom. The first-order valence-electron chi connectivity index (χ1n) is 11.8. The molecule has 4 heterocycles. The van der Waals surface area contributed by atoms with Gasteiger partial charge >= 0.3 is 0 Å². The Hall–Kier alpha value is -2.96. The number of nitrogens with zero attached hydrogens (tertiary/aromatic N) is 4. The molecular formula is C25H30N4O3. The number of benzene rings is 1. The molecule has 7 nitrogen and oxygen atoms in total. The minimum atomic E-state index is -0.179. The summed E-state index contributed by atoms with van der Waals surface area (Å²) in [4.78, 5) is 48.4. The van der Waals surface area contributed by atoms with E-state index < -0.39 is 0 Å². The second-order valence-corrected chi connectivity index (χ2v) is 9.36. The Morgan fingerprint density at radius 1 is 0.938 bits per heavy atom. The molecule has 3 aliphatic rings. The quantitative estimate of drug-likeness (QED) is 0.741. The van der Waals surface area contributed by atoms with Crippen molar-refractivity contribution in [2.45, 2.75) is 32.1 Å². The number of fused-ring (bicyclic) bond motifs is 1. The number of likely N-dealkylation sites (tertiary alicyclic amines) is 3. The number of rotatable bonds is 4. The van der Waals surface area contributed by atoms with Crippen LogP contribution >= 0.6 is 0 Å². The summed E-state index contributed by atoms with van der Waals surface area (Å²) in [6.07, 6.45) is 4.23. The summed E-state index contributed by atoms with van der Waals surface area (Å²) in [7, 11) is 0. The lowest BCUT2D eigenvalue weighted by Gasteiger charge is -2.34. The number of hydrogen-bond donors (Lipinski definition) is 0. The fraction of sp³-hybridized carbons (Fsp3) is 0.520. The highest BCUT2D eigenvalue weighted by atomic mass is 16.2. The van der Waals surface area contributed by atoms with Gasteiger partial charge in [-0.15, -0.1) is 0 Å². The highest BCUT2D eigenvalue weighted by molar-refractivity contribution is 5.95. The molecule has 7 heteroatoms. The zero-order valence-corrected chi connectivity index (χ0v) is 18.4. The van der Waals surface area contributed by atoms with E-state index in [4.69, 9.17) is 0 Å². The highest BCUT2D eigenvalue weighted by Crippen LogP contribution is 2.26. The fourth-order valence-electron chi connectivity index (χ4n) is 5.29. The van der Waals surface area contributed by atoms with Crippen molar-refractivity contribution in [3.63, 3.8) is 0 Å². The standard InChI is InChI=1S/C25H30N4O3/c30-23-15-20(24(31)27-11-3-4-12-27)17-29(23)16-18-9-13-28(14-10-18)25(32)22-8-7-19-5-1-2-6-21(19)26-22/h1-2,5-8,18,20H,3-4,9-17H2. The second kappa shape index (κ2) is 8.88. The Bertz CT molecular complexity index is 1020. The van der Waals surface area contributed by atoms with Crippen LogP contribution in [0.1, 0.15) is 42.6 Å². The normalized spacial score (nSPS) is 22.2. The molecule has 5 rings (SSSR count). The lowest BCUT2D eigenvalue weighted by Crippen LogP contribution is -2.42. The molecule has 2 aromatic rings. The Kier molecular flexibility index (Phi) is 5.81. The predicted octanol–water partition coefficient (Wildman–Crippen LogP) is 2.56. The van der Waals surface area contributed by atoms with Crippen LogP contribution in [0.3, 0.4) is 0 Å². The van der Waals surface area contributed by atoms with Crippen LogP contribution in [0.25, 0.3) is 10.9 Å². The maximum absolute atomic E-state index is 12.9. The second-order valence-electron chi connectivity index (χ2n) is 9.36. The van der Waals surface area contributed by atoms with Gasteiger partial charge in [0.25, 0.3) is 5.91 Å². The van der Waals surface area contributed by atoms with E-state index in [2.05, 4.69) is 4.98 Å². The maximum atomic E-state index is 12.9. The van der Waals surface area contributed by atoms with E-state index >= 15 is 0 Å². The molecule has 3 saturated heterocycles. The minimum Gasteiger partial charge on any atom is -0.342 e. The summed E-state index contributed by atoms with van der Waals surface area (Å²) >= 11 is 0. The van der Waals surface area contributed by atoms with Crippen LogP contribution in [0.4, 0.5) is 0 Å². The van der Waals surface area contributed by atoms with Crippen molar-refractivity contribution < 1.29 is 14.4 Å². The number of carbonyl (C=O) groups is 3. The lowest BCUT2D eigenvalue weighted by molar-refractivity contribution is -0.134. The molecule has 168 valence electrons. The molecule has 1 atom stereocenters. The highest BCUT2D eigenvalue weighted by Gasteiger charge is 2.38. The molecule has 32 heavy (non-hydrogen) atoms. The minimum absolute atomic E-state index is 0.0253. The van der Waals surface area contributed by atoms with Crippen molar-refractivity contribution in [2.75, 3.05) is 39.3 Å². The summed E-state index contributed by atoms with van der Waals surface area (Å²) in [6, 6.07) is 11.6. The third-order valence-electron chi connectivity index (χ3n) is 7.18. The summed E-state index contributed by atoms with van der Waals surface area (Å²) in [5.74, 6) is 0.417. The molecule has 0 aliphatic carbocycles. The molecule has 0 radical (unpaired) electrons. The van der Waals surface area contributed by atoms with Crippen molar-refractivity contribution in [2.24, 2.45) is 11.8 Å². The van der Waals surface area contributed by atoms with E-state index in [-0.39, 0.29) is 23.6 Å². The third-order valence-corrected chi connectivity index (χ3v) is 7.18. The molecule has 1 unspecified atom stereocenters. The number of para-hydroxylation sites is 1.